The zero-order valence-corrected chi connectivity index (χ0v) is 16.6. The zero-order chi connectivity index (χ0) is 18.1. The van der Waals surface area contributed by atoms with Crippen molar-refractivity contribution in [3.63, 3.8) is 0 Å². The highest BCUT2D eigenvalue weighted by Gasteiger charge is 2.26. The fourth-order valence-corrected chi connectivity index (χ4v) is 5.01. The van der Waals surface area contributed by atoms with E-state index in [1.165, 1.54) is 23.1 Å². The normalized spacial score (nSPS) is 15.7. The molecule has 1 aliphatic heterocycles. The number of carbonyl (C=O) groups is 1. The van der Waals surface area contributed by atoms with Crippen LogP contribution in [0.4, 0.5) is 0 Å². The first-order valence-electron chi connectivity index (χ1n) is 8.59. The standard InChI is InChI=1S/C17H18ClN5OS2/c1-2-11(17(24)22-9-3-4-10-22)26-15-8-7-14-19-20-16(23(14)21-15)12-5-6-13(18)25-12/h5-8,11H,2-4,9-10H2,1H3. The van der Waals surface area contributed by atoms with Crippen LogP contribution in [0.25, 0.3) is 16.3 Å². The van der Waals surface area contributed by atoms with Crippen LogP contribution < -0.4 is 0 Å². The van der Waals surface area contributed by atoms with Crippen LogP contribution in [0.3, 0.4) is 0 Å². The second-order valence-electron chi connectivity index (χ2n) is 6.12. The van der Waals surface area contributed by atoms with Gasteiger partial charge in [-0.05, 0) is 43.5 Å². The summed E-state index contributed by atoms with van der Waals surface area (Å²) >= 11 is 8.99. The molecule has 3 aromatic rings. The maximum Gasteiger partial charge on any atom is 0.236 e. The third-order valence-electron chi connectivity index (χ3n) is 4.36. The highest BCUT2D eigenvalue weighted by atomic mass is 35.5. The van der Waals surface area contributed by atoms with Gasteiger partial charge in [0.15, 0.2) is 11.5 Å². The van der Waals surface area contributed by atoms with Gasteiger partial charge in [-0.1, -0.05) is 30.3 Å². The first-order valence-corrected chi connectivity index (χ1v) is 10.7. The summed E-state index contributed by atoms with van der Waals surface area (Å²) in [6.45, 7) is 3.79. The van der Waals surface area contributed by atoms with Gasteiger partial charge in [-0.3, -0.25) is 4.79 Å². The summed E-state index contributed by atoms with van der Waals surface area (Å²) in [5.41, 5.74) is 0.674. The lowest BCUT2D eigenvalue weighted by Gasteiger charge is -2.21. The van der Waals surface area contributed by atoms with E-state index >= 15 is 0 Å². The van der Waals surface area contributed by atoms with E-state index in [1.54, 1.807) is 4.52 Å². The molecule has 136 valence electrons. The fraction of sp³-hybridized carbons (Fsp3) is 0.412. The van der Waals surface area contributed by atoms with Crippen LogP contribution in [0.2, 0.25) is 4.34 Å². The SMILES string of the molecule is CCC(Sc1ccc2nnc(-c3ccc(Cl)s3)n2n1)C(=O)N1CCCC1. The van der Waals surface area contributed by atoms with Gasteiger partial charge in [0.05, 0.1) is 14.5 Å². The lowest BCUT2D eigenvalue weighted by molar-refractivity contribution is -0.129. The second-order valence-corrected chi connectivity index (χ2v) is 9.05. The molecule has 0 spiro atoms. The maximum absolute atomic E-state index is 12.7. The lowest BCUT2D eigenvalue weighted by atomic mass is 10.3. The fourth-order valence-electron chi connectivity index (χ4n) is 3.02. The molecule has 1 atom stereocenters. The number of likely N-dealkylation sites (tertiary alicyclic amines) is 1. The van der Waals surface area contributed by atoms with Crippen molar-refractivity contribution in [2.75, 3.05) is 13.1 Å². The van der Waals surface area contributed by atoms with Crippen molar-refractivity contribution in [1.29, 1.82) is 0 Å². The Morgan fingerprint density at radius 2 is 2.08 bits per heavy atom. The van der Waals surface area contributed by atoms with Gasteiger partial charge in [0.25, 0.3) is 0 Å². The summed E-state index contributed by atoms with van der Waals surface area (Å²) in [7, 11) is 0. The second kappa shape index (κ2) is 7.54. The molecule has 0 radical (unpaired) electrons. The Labute approximate surface area is 164 Å². The van der Waals surface area contributed by atoms with Crippen LogP contribution in [0.15, 0.2) is 29.3 Å². The summed E-state index contributed by atoms with van der Waals surface area (Å²) in [5.74, 6) is 0.879. The van der Waals surface area contributed by atoms with Crippen LogP contribution >= 0.6 is 34.7 Å². The van der Waals surface area contributed by atoms with Gasteiger partial charge >= 0.3 is 0 Å². The predicted octanol–water partition coefficient (Wildman–Crippen LogP) is 4.00. The molecule has 0 saturated carbocycles. The van der Waals surface area contributed by atoms with E-state index < -0.39 is 0 Å². The topological polar surface area (TPSA) is 63.4 Å². The third-order valence-corrected chi connectivity index (χ3v) is 6.86. The van der Waals surface area contributed by atoms with Gasteiger partial charge in [0, 0.05) is 13.1 Å². The molecule has 1 unspecified atom stereocenters. The number of halogens is 1. The Morgan fingerprint density at radius 3 is 2.77 bits per heavy atom. The van der Waals surface area contributed by atoms with E-state index in [4.69, 9.17) is 11.6 Å². The first kappa shape index (κ1) is 17.8. The molecule has 0 bridgehead atoms. The highest BCUT2D eigenvalue weighted by molar-refractivity contribution is 8.00. The Bertz CT molecular complexity index is 934. The lowest BCUT2D eigenvalue weighted by Crippen LogP contribution is -2.35. The summed E-state index contributed by atoms with van der Waals surface area (Å²) in [4.78, 5) is 15.6. The molecule has 3 aromatic heterocycles. The van der Waals surface area contributed by atoms with E-state index in [0.717, 1.165) is 42.3 Å². The van der Waals surface area contributed by atoms with Crippen molar-refractivity contribution >= 4 is 46.3 Å². The van der Waals surface area contributed by atoms with E-state index in [-0.39, 0.29) is 11.2 Å². The number of thioether (sulfide) groups is 1. The molecule has 1 saturated heterocycles. The number of fused-ring (bicyclic) bond motifs is 1. The number of aromatic nitrogens is 4. The van der Waals surface area contributed by atoms with Gasteiger partial charge < -0.3 is 4.90 Å². The number of carbonyl (C=O) groups excluding carboxylic acids is 1. The largest absolute Gasteiger partial charge is 0.342 e. The maximum atomic E-state index is 12.7. The number of hydrogen-bond donors (Lipinski definition) is 0. The van der Waals surface area contributed by atoms with Gasteiger partial charge in [-0.2, -0.15) is 9.61 Å². The highest BCUT2D eigenvalue weighted by Crippen LogP contribution is 2.31. The van der Waals surface area contributed by atoms with Crippen molar-refractivity contribution in [1.82, 2.24) is 24.7 Å². The van der Waals surface area contributed by atoms with Crippen molar-refractivity contribution in [2.45, 2.75) is 36.5 Å². The molecule has 26 heavy (non-hydrogen) atoms. The van der Waals surface area contributed by atoms with Gasteiger partial charge in [0.1, 0.15) is 5.03 Å². The molecule has 0 N–H and O–H groups in total. The Morgan fingerprint density at radius 1 is 1.27 bits per heavy atom. The predicted molar refractivity (Wildman–Crippen MR) is 105 cm³/mol. The quantitative estimate of drug-likeness (QED) is 0.598. The molecule has 4 rings (SSSR count). The Balaban J connectivity index is 1.61. The molecule has 0 aromatic carbocycles. The molecule has 9 heteroatoms. The Hall–Kier alpha value is -1.64. The molecule has 4 heterocycles. The minimum absolute atomic E-state index is 0.117. The van der Waals surface area contributed by atoms with Crippen molar-refractivity contribution in [3.8, 4) is 10.7 Å². The summed E-state index contributed by atoms with van der Waals surface area (Å²) in [6.07, 6.45) is 2.98. The Kier molecular flexibility index (Phi) is 5.15. The van der Waals surface area contributed by atoms with Crippen molar-refractivity contribution in [3.05, 3.63) is 28.6 Å². The number of hydrogen-bond acceptors (Lipinski definition) is 6. The van der Waals surface area contributed by atoms with Gasteiger partial charge in [-0.15, -0.1) is 21.5 Å². The minimum Gasteiger partial charge on any atom is -0.342 e. The molecular weight excluding hydrogens is 390 g/mol. The first-order chi connectivity index (χ1) is 12.7. The van der Waals surface area contributed by atoms with Crippen LogP contribution in [-0.2, 0) is 4.79 Å². The molecule has 1 fully saturated rings. The van der Waals surface area contributed by atoms with E-state index in [1.807, 2.05) is 36.1 Å². The van der Waals surface area contributed by atoms with Gasteiger partial charge in [0.2, 0.25) is 5.91 Å². The molecule has 1 aliphatic rings. The van der Waals surface area contributed by atoms with Crippen LogP contribution in [0.5, 0.6) is 0 Å². The van der Waals surface area contributed by atoms with E-state index in [9.17, 15) is 4.79 Å². The summed E-state index contributed by atoms with van der Waals surface area (Å²) < 4.78 is 2.42. The number of nitrogens with zero attached hydrogens (tertiary/aromatic N) is 5. The van der Waals surface area contributed by atoms with Crippen LogP contribution in [0, 0.1) is 0 Å². The van der Waals surface area contributed by atoms with Crippen molar-refractivity contribution in [2.24, 2.45) is 0 Å². The minimum atomic E-state index is -0.117. The third kappa shape index (κ3) is 3.45. The molecule has 6 nitrogen and oxygen atoms in total. The monoisotopic (exact) mass is 407 g/mol. The van der Waals surface area contributed by atoms with Crippen LogP contribution in [-0.4, -0.2) is 49.0 Å². The van der Waals surface area contributed by atoms with Crippen LogP contribution in [0.1, 0.15) is 26.2 Å². The molecule has 0 aliphatic carbocycles. The average molecular weight is 408 g/mol. The summed E-state index contributed by atoms with van der Waals surface area (Å²) in [6, 6.07) is 7.54. The number of rotatable bonds is 5. The number of thiophene rings is 1. The summed E-state index contributed by atoms with van der Waals surface area (Å²) in [5, 5.41) is 13.7. The van der Waals surface area contributed by atoms with Crippen molar-refractivity contribution < 1.29 is 4.79 Å². The molecule has 1 amide bonds. The smallest absolute Gasteiger partial charge is 0.236 e. The zero-order valence-electron chi connectivity index (χ0n) is 14.3. The molecular formula is C17H18ClN5OS2. The average Bonchev–Trinajstić information content (AvgIpc) is 3.39. The van der Waals surface area contributed by atoms with Gasteiger partial charge in [-0.25, -0.2) is 0 Å². The number of amides is 1. The van der Waals surface area contributed by atoms with E-state index in [0.29, 0.717) is 15.8 Å². The van der Waals surface area contributed by atoms with E-state index in [2.05, 4.69) is 15.3 Å².